The van der Waals surface area contributed by atoms with Gasteiger partial charge in [-0.1, -0.05) is 13.8 Å². The average molecular weight is 215 g/mol. The van der Waals surface area contributed by atoms with Gasteiger partial charge in [0.25, 0.3) is 0 Å². The largest absolute Gasteiger partial charge is 0.395 e. The van der Waals surface area contributed by atoms with Crippen LogP contribution in [-0.2, 0) is 0 Å². The monoisotopic (exact) mass is 215 g/mol. The van der Waals surface area contributed by atoms with Gasteiger partial charge in [0, 0.05) is 11.5 Å². The van der Waals surface area contributed by atoms with Gasteiger partial charge in [-0.05, 0) is 33.4 Å². The van der Waals surface area contributed by atoms with E-state index in [1.807, 2.05) is 27.8 Å². The van der Waals surface area contributed by atoms with E-state index in [4.69, 9.17) is 16.2 Å². The van der Waals surface area contributed by atoms with Crippen LogP contribution in [0.1, 0.15) is 33.6 Å². The molecule has 90 valence electrons. The van der Waals surface area contributed by atoms with Gasteiger partial charge in [0.1, 0.15) is 0 Å². The highest BCUT2D eigenvalue weighted by Gasteiger charge is 2.21. The molecular weight excluding hydrogens is 190 g/mol. The zero-order valence-electron chi connectivity index (χ0n) is 10.4. The summed E-state index contributed by atoms with van der Waals surface area (Å²) >= 11 is 0. The van der Waals surface area contributed by atoms with Crippen molar-refractivity contribution < 1.29 is 5.11 Å². The number of nitrogens with zero attached hydrogens (tertiary/aromatic N) is 1. The fourth-order valence-corrected chi connectivity index (χ4v) is 1.26. The van der Waals surface area contributed by atoms with Crippen LogP contribution in [0.5, 0.6) is 0 Å². The molecule has 0 aromatic carbocycles. The summed E-state index contributed by atoms with van der Waals surface area (Å²) in [5.74, 6) is 0.250. The van der Waals surface area contributed by atoms with Gasteiger partial charge < -0.3 is 15.7 Å². The van der Waals surface area contributed by atoms with E-state index in [9.17, 15) is 0 Å². The van der Waals surface area contributed by atoms with Crippen LogP contribution in [0.2, 0.25) is 0 Å². The molecule has 1 atom stereocenters. The minimum absolute atomic E-state index is 0.187. The van der Waals surface area contributed by atoms with Crippen LogP contribution < -0.4 is 5.73 Å². The maximum absolute atomic E-state index is 8.96. The third-order valence-corrected chi connectivity index (χ3v) is 3.06. The number of aliphatic hydroxyl groups excluding tert-OH is 1. The molecule has 0 radical (unpaired) electrons. The molecule has 4 nitrogen and oxygen atoms in total. The molecule has 0 fully saturated rings. The molecule has 0 aromatic rings. The Hall–Kier alpha value is -0.610. The molecule has 0 bridgehead atoms. The smallest absolute Gasteiger partial charge is 0.0963 e. The molecule has 0 aliphatic rings. The van der Waals surface area contributed by atoms with Gasteiger partial charge in [0.05, 0.1) is 12.4 Å². The number of aliphatic hydroxyl groups is 1. The van der Waals surface area contributed by atoms with E-state index >= 15 is 0 Å². The average Bonchev–Trinajstić information content (AvgIpc) is 2.15. The molecule has 4 heteroatoms. The van der Waals surface area contributed by atoms with Crippen molar-refractivity contribution in [1.82, 2.24) is 4.90 Å². The third-order valence-electron chi connectivity index (χ3n) is 3.06. The Morgan fingerprint density at radius 1 is 1.53 bits per heavy atom. The zero-order valence-corrected chi connectivity index (χ0v) is 10.4. The highest BCUT2D eigenvalue weighted by molar-refractivity contribution is 5.82. The minimum Gasteiger partial charge on any atom is -0.395 e. The Morgan fingerprint density at radius 3 is 2.47 bits per heavy atom. The van der Waals surface area contributed by atoms with Crippen LogP contribution in [0.4, 0.5) is 0 Å². The van der Waals surface area contributed by atoms with Crippen LogP contribution in [0, 0.1) is 10.8 Å². The first-order valence-electron chi connectivity index (χ1n) is 5.47. The summed E-state index contributed by atoms with van der Waals surface area (Å²) in [5, 5.41) is 16.4. The second kappa shape index (κ2) is 6.08. The second-order valence-corrected chi connectivity index (χ2v) is 4.91. The Morgan fingerprint density at radius 2 is 2.07 bits per heavy atom. The lowest BCUT2D eigenvalue weighted by atomic mass is 9.86. The van der Waals surface area contributed by atoms with Gasteiger partial charge in [-0.3, -0.25) is 5.41 Å². The molecule has 0 aliphatic carbocycles. The SMILES string of the molecule is CC(CO)N(C)CCCC(C)(C)C(=N)N. The Labute approximate surface area is 93.0 Å². The summed E-state index contributed by atoms with van der Waals surface area (Å²) in [5.41, 5.74) is 5.30. The van der Waals surface area contributed by atoms with E-state index in [0.717, 1.165) is 19.4 Å². The Kier molecular flexibility index (Phi) is 5.83. The summed E-state index contributed by atoms with van der Waals surface area (Å²) in [7, 11) is 2.00. The molecule has 4 N–H and O–H groups in total. The van der Waals surface area contributed by atoms with E-state index in [1.165, 1.54) is 0 Å². The zero-order chi connectivity index (χ0) is 12.1. The molecule has 0 aliphatic heterocycles. The first kappa shape index (κ1) is 14.4. The second-order valence-electron chi connectivity index (χ2n) is 4.91. The molecule has 1 unspecified atom stereocenters. The number of nitrogens with one attached hydrogen (secondary N) is 1. The highest BCUT2D eigenvalue weighted by atomic mass is 16.3. The quantitative estimate of drug-likeness (QED) is 0.439. The van der Waals surface area contributed by atoms with E-state index in [0.29, 0.717) is 0 Å². The van der Waals surface area contributed by atoms with Gasteiger partial charge >= 0.3 is 0 Å². The maximum atomic E-state index is 8.96. The topological polar surface area (TPSA) is 73.3 Å². The van der Waals surface area contributed by atoms with E-state index in [2.05, 4.69) is 4.90 Å². The Bertz CT molecular complexity index is 204. The van der Waals surface area contributed by atoms with Crippen molar-refractivity contribution in [3.8, 4) is 0 Å². The molecule has 0 saturated heterocycles. The van der Waals surface area contributed by atoms with Crippen molar-refractivity contribution in [3.63, 3.8) is 0 Å². The van der Waals surface area contributed by atoms with E-state index in [-0.39, 0.29) is 23.9 Å². The normalized spacial score (nSPS) is 14.3. The van der Waals surface area contributed by atoms with Crippen molar-refractivity contribution >= 4 is 5.84 Å². The molecule has 0 saturated carbocycles. The lowest BCUT2D eigenvalue weighted by Gasteiger charge is -2.26. The number of likely N-dealkylation sites (N-methyl/N-ethyl adjacent to an activating group) is 1. The fraction of sp³-hybridized carbons (Fsp3) is 0.909. The van der Waals surface area contributed by atoms with Crippen molar-refractivity contribution in [2.75, 3.05) is 20.2 Å². The molecule has 15 heavy (non-hydrogen) atoms. The van der Waals surface area contributed by atoms with Gasteiger partial charge in [-0.15, -0.1) is 0 Å². The first-order valence-corrected chi connectivity index (χ1v) is 5.47. The molecule has 0 rings (SSSR count). The van der Waals surface area contributed by atoms with Gasteiger partial charge in [0.15, 0.2) is 0 Å². The lowest BCUT2D eigenvalue weighted by molar-refractivity contribution is 0.155. The van der Waals surface area contributed by atoms with Crippen molar-refractivity contribution in [1.29, 1.82) is 5.41 Å². The van der Waals surface area contributed by atoms with Crippen LogP contribution >= 0.6 is 0 Å². The predicted octanol–water partition coefficient (Wildman–Crippen LogP) is 1.04. The van der Waals surface area contributed by atoms with Crippen LogP contribution in [0.25, 0.3) is 0 Å². The molecular formula is C11H25N3O. The van der Waals surface area contributed by atoms with Crippen LogP contribution in [0.15, 0.2) is 0 Å². The molecule has 0 amide bonds. The van der Waals surface area contributed by atoms with Gasteiger partial charge in [0.2, 0.25) is 0 Å². The van der Waals surface area contributed by atoms with Gasteiger partial charge in [-0.2, -0.15) is 0 Å². The number of amidine groups is 1. The molecule has 0 spiro atoms. The summed E-state index contributed by atoms with van der Waals surface area (Å²) in [6.45, 7) is 7.09. The first-order chi connectivity index (χ1) is 6.81. The lowest BCUT2D eigenvalue weighted by Crippen LogP contribution is -2.35. The predicted molar refractivity (Wildman–Crippen MR) is 64.1 cm³/mol. The van der Waals surface area contributed by atoms with Crippen LogP contribution in [0.3, 0.4) is 0 Å². The number of hydrogen-bond donors (Lipinski definition) is 3. The maximum Gasteiger partial charge on any atom is 0.0963 e. The van der Waals surface area contributed by atoms with Crippen molar-refractivity contribution in [2.24, 2.45) is 11.1 Å². The minimum atomic E-state index is -0.205. The number of hydrogen-bond acceptors (Lipinski definition) is 3. The summed E-state index contributed by atoms with van der Waals surface area (Å²) < 4.78 is 0. The highest BCUT2D eigenvalue weighted by Crippen LogP contribution is 2.21. The fourth-order valence-electron chi connectivity index (χ4n) is 1.26. The number of nitrogens with two attached hydrogens (primary N) is 1. The number of rotatable bonds is 7. The molecule has 0 aromatic heterocycles. The summed E-state index contributed by atoms with van der Waals surface area (Å²) in [6.07, 6.45) is 1.90. The van der Waals surface area contributed by atoms with Crippen molar-refractivity contribution in [2.45, 2.75) is 39.7 Å². The third kappa shape index (κ3) is 5.14. The van der Waals surface area contributed by atoms with Crippen LogP contribution in [-0.4, -0.2) is 42.1 Å². The Balaban J connectivity index is 3.84. The van der Waals surface area contributed by atoms with E-state index in [1.54, 1.807) is 0 Å². The van der Waals surface area contributed by atoms with Crippen molar-refractivity contribution in [3.05, 3.63) is 0 Å². The summed E-state index contributed by atoms with van der Waals surface area (Å²) in [6, 6.07) is 0.199. The molecule has 0 heterocycles. The van der Waals surface area contributed by atoms with E-state index < -0.39 is 0 Å². The summed E-state index contributed by atoms with van der Waals surface area (Å²) in [4.78, 5) is 2.12. The standard InChI is InChI=1S/C11H25N3O/c1-9(8-15)14(4)7-5-6-11(2,3)10(12)13/h9,15H,5-8H2,1-4H3,(H3,12,13). The van der Waals surface area contributed by atoms with Gasteiger partial charge in [-0.25, -0.2) is 0 Å².